The molecule has 0 aliphatic carbocycles. The van der Waals surface area contributed by atoms with Crippen LogP contribution in [0.3, 0.4) is 0 Å². The van der Waals surface area contributed by atoms with Gasteiger partial charge in [-0.1, -0.05) is 58.4 Å². The van der Waals surface area contributed by atoms with Crippen molar-refractivity contribution in [1.82, 2.24) is 9.55 Å². The third-order valence-corrected chi connectivity index (χ3v) is 5.71. The van der Waals surface area contributed by atoms with Gasteiger partial charge in [0.2, 0.25) is 0 Å². The second-order valence-corrected chi connectivity index (χ2v) is 7.88. The molecule has 0 saturated carbocycles. The minimum Gasteiger partial charge on any atom is -0.459 e. The van der Waals surface area contributed by atoms with Crippen LogP contribution in [0, 0.1) is 0 Å². The normalized spacial score (nSPS) is 15.8. The molecule has 0 spiro atoms. The molecule has 1 aromatic heterocycles. The topological polar surface area (TPSA) is 44.1 Å². The van der Waals surface area contributed by atoms with Gasteiger partial charge in [0.05, 0.1) is 29.8 Å². The van der Waals surface area contributed by atoms with Gasteiger partial charge in [0.25, 0.3) is 0 Å². The second kappa shape index (κ2) is 7.33. The Hall–Kier alpha value is -3.18. The number of aldehydes is 1. The molecule has 1 aliphatic rings. The molecule has 1 unspecified atom stereocenters. The predicted octanol–water partition coefficient (Wildman–Crippen LogP) is 5.59. The highest BCUT2D eigenvalue weighted by Gasteiger charge is 2.31. The van der Waals surface area contributed by atoms with E-state index < -0.39 is 5.92 Å². The minimum absolute atomic E-state index is 0.400. The maximum Gasteiger partial charge on any atom is 0.132 e. The summed E-state index contributed by atoms with van der Waals surface area (Å²) in [5.41, 5.74) is 4.70. The van der Waals surface area contributed by atoms with Gasteiger partial charge in [0, 0.05) is 15.6 Å². The number of rotatable bonds is 4. The summed E-state index contributed by atoms with van der Waals surface area (Å²) in [5.74, 6) is 1.07. The van der Waals surface area contributed by atoms with Crippen LogP contribution in [0.5, 0.6) is 5.75 Å². The largest absolute Gasteiger partial charge is 0.459 e. The summed E-state index contributed by atoms with van der Waals surface area (Å²) < 4.78 is 9.33. The highest BCUT2D eigenvalue weighted by Crippen LogP contribution is 2.44. The lowest BCUT2D eigenvalue weighted by molar-refractivity contribution is -0.108. The van der Waals surface area contributed by atoms with Gasteiger partial charge in [-0.2, -0.15) is 0 Å². The number of hydrogen-bond donors (Lipinski definition) is 0. The molecule has 5 rings (SSSR count). The zero-order valence-corrected chi connectivity index (χ0v) is 17.0. The Kier molecular flexibility index (Phi) is 4.52. The lowest BCUT2D eigenvalue weighted by Gasteiger charge is -2.29. The average molecular weight is 445 g/mol. The second-order valence-electron chi connectivity index (χ2n) is 6.96. The summed E-state index contributed by atoms with van der Waals surface area (Å²) in [4.78, 5) is 16.7. The number of hydrogen-bond acceptors (Lipinski definition) is 3. The molecule has 1 atom stereocenters. The Morgan fingerprint density at radius 2 is 1.83 bits per heavy atom. The van der Waals surface area contributed by atoms with E-state index in [-0.39, 0.29) is 0 Å². The number of fused-ring (bicyclic) bond motifs is 2. The number of para-hydroxylation sites is 2. The molecule has 0 amide bonds. The van der Waals surface area contributed by atoms with Gasteiger partial charge in [-0.05, 0) is 35.9 Å². The molecule has 1 aliphatic heterocycles. The Balaban J connectivity index is 1.69. The van der Waals surface area contributed by atoms with Gasteiger partial charge in [0.1, 0.15) is 17.8 Å². The van der Waals surface area contributed by atoms with Gasteiger partial charge < -0.3 is 14.1 Å². The van der Waals surface area contributed by atoms with Crippen LogP contribution in [-0.4, -0.2) is 15.8 Å². The Morgan fingerprint density at radius 3 is 2.66 bits per heavy atom. The fourth-order valence-electron chi connectivity index (χ4n) is 3.88. The summed E-state index contributed by atoms with van der Waals surface area (Å²) in [7, 11) is 0. The monoisotopic (exact) mass is 444 g/mol. The molecule has 3 aromatic carbocycles. The SMILES string of the molecule is O=CC1C(c2ccccc2)=C(Cn2cnc3ccccc32)Oc2ccc(Br)cc21. The van der Waals surface area contributed by atoms with Crippen molar-refractivity contribution in [2.75, 3.05) is 0 Å². The van der Waals surface area contributed by atoms with Crippen LogP contribution < -0.4 is 4.74 Å². The maximum absolute atomic E-state index is 12.3. The zero-order valence-electron chi connectivity index (χ0n) is 15.5. The number of nitrogens with zero attached hydrogens (tertiary/aromatic N) is 2. The molecular weight excluding hydrogens is 428 g/mol. The van der Waals surface area contributed by atoms with E-state index in [1.165, 1.54) is 0 Å². The van der Waals surface area contributed by atoms with E-state index in [0.717, 1.165) is 44.3 Å². The molecule has 0 fully saturated rings. The van der Waals surface area contributed by atoms with Crippen LogP contribution >= 0.6 is 15.9 Å². The third kappa shape index (κ3) is 3.17. The summed E-state index contributed by atoms with van der Waals surface area (Å²) in [5, 5.41) is 0. The van der Waals surface area contributed by atoms with Crippen molar-refractivity contribution in [2.45, 2.75) is 12.5 Å². The lowest BCUT2D eigenvalue weighted by Crippen LogP contribution is -2.19. The highest BCUT2D eigenvalue weighted by molar-refractivity contribution is 9.10. The Morgan fingerprint density at radius 1 is 1.03 bits per heavy atom. The third-order valence-electron chi connectivity index (χ3n) is 5.21. The van der Waals surface area contributed by atoms with Crippen molar-refractivity contribution in [3.05, 3.63) is 100 Å². The summed E-state index contributed by atoms with van der Waals surface area (Å²) in [6.07, 6.45) is 2.82. The maximum atomic E-state index is 12.3. The van der Waals surface area contributed by atoms with Gasteiger partial charge in [0.15, 0.2) is 0 Å². The van der Waals surface area contributed by atoms with Crippen molar-refractivity contribution in [3.63, 3.8) is 0 Å². The number of aromatic nitrogens is 2. The molecular formula is C24H17BrN2O2. The van der Waals surface area contributed by atoms with Crippen LogP contribution in [0.1, 0.15) is 17.0 Å². The number of halogens is 1. The van der Waals surface area contributed by atoms with Crippen molar-refractivity contribution >= 4 is 38.8 Å². The number of benzene rings is 3. The van der Waals surface area contributed by atoms with E-state index in [4.69, 9.17) is 4.74 Å². The standard InChI is InChI=1S/C24H17BrN2O2/c25-17-10-11-22-18(12-17)19(14-28)24(16-6-2-1-3-7-16)23(29-22)13-27-15-26-20-8-4-5-9-21(20)27/h1-12,14-15,19H,13H2. The molecule has 0 saturated heterocycles. The molecule has 0 bridgehead atoms. The fraction of sp³-hybridized carbons (Fsp3) is 0.0833. The molecule has 4 aromatic rings. The van der Waals surface area contributed by atoms with Crippen molar-refractivity contribution < 1.29 is 9.53 Å². The van der Waals surface area contributed by atoms with E-state index in [0.29, 0.717) is 12.3 Å². The van der Waals surface area contributed by atoms with E-state index in [9.17, 15) is 4.79 Å². The van der Waals surface area contributed by atoms with Crippen LogP contribution in [0.2, 0.25) is 0 Å². The smallest absolute Gasteiger partial charge is 0.132 e. The van der Waals surface area contributed by atoms with Gasteiger partial charge in [-0.15, -0.1) is 0 Å². The molecule has 5 heteroatoms. The van der Waals surface area contributed by atoms with Gasteiger partial charge in [-0.3, -0.25) is 0 Å². The quantitative estimate of drug-likeness (QED) is 0.385. The molecule has 4 nitrogen and oxygen atoms in total. The van der Waals surface area contributed by atoms with E-state index >= 15 is 0 Å². The average Bonchev–Trinajstić information content (AvgIpc) is 3.16. The Bertz CT molecular complexity index is 1240. The van der Waals surface area contributed by atoms with Crippen LogP contribution in [0.15, 0.2) is 89.4 Å². The first-order valence-electron chi connectivity index (χ1n) is 9.35. The zero-order chi connectivity index (χ0) is 19.8. The van der Waals surface area contributed by atoms with Gasteiger partial charge in [-0.25, -0.2) is 4.98 Å². The summed E-state index contributed by atoms with van der Waals surface area (Å²) in [6.45, 7) is 0.491. The molecule has 0 N–H and O–H groups in total. The number of ether oxygens (including phenoxy) is 1. The van der Waals surface area contributed by atoms with E-state index in [1.54, 1.807) is 0 Å². The van der Waals surface area contributed by atoms with Crippen LogP contribution in [0.4, 0.5) is 0 Å². The summed E-state index contributed by atoms with van der Waals surface area (Å²) in [6, 6.07) is 23.7. The van der Waals surface area contributed by atoms with Crippen LogP contribution in [0.25, 0.3) is 16.6 Å². The first-order valence-corrected chi connectivity index (χ1v) is 10.1. The van der Waals surface area contributed by atoms with E-state index in [1.807, 2.05) is 79.1 Å². The van der Waals surface area contributed by atoms with Crippen molar-refractivity contribution in [2.24, 2.45) is 0 Å². The van der Waals surface area contributed by atoms with Crippen molar-refractivity contribution in [1.29, 1.82) is 0 Å². The molecule has 0 radical (unpaired) electrons. The molecule has 29 heavy (non-hydrogen) atoms. The van der Waals surface area contributed by atoms with Gasteiger partial charge >= 0.3 is 0 Å². The number of carbonyl (C=O) groups excluding carboxylic acids is 1. The number of allylic oxidation sites excluding steroid dienone is 2. The highest BCUT2D eigenvalue weighted by atomic mass is 79.9. The summed E-state index contributed by atoms with van der Waals surface area (Å²) >= 11 is 3.51. The molecule has 142 valence electrons. The number of imidazole rings is 1. The fourth-order valence-corrected chi connectivity index (χ4v) is 4.26. The lowest BCUT2D eigenvalue weighted by atomic mass is 9.84. The predicted molar refractivity (Wildman–Crippen MR) is 117 cm³/mol. The minimum atomic E-state index is -0.400. The van der Waals surface area contributed by atoms with Crippen molar-refractivity contribution in [3.8, 4) is 5.75 Å². The Labute approximate surface area is 176 Å². The van der Waals surface area contributed by atoms with E-state index in [2.05, 4.69) is 25.5 Å². The molecule has 2 heterocycles. The number of carbonyl (C=O) groups is 1. The first-order chi connectivity index (χ1) is 14.2. The first kappa shape index (κ1) is 17.9. The van der Waals surface area contributed by atoms with Crippen LogP contribution in [-0.2, 0) is 11.3 Å².